The van der Waals surface area contributed by atoms with Gasteiger partial charge in [-0.25, -0.2) is 9.69 Å². The van der Waals surface area contributed by atoms with Crippen molar-refractivity contribution in [3.8, 4) is 5.75 Å². The van der Waals surface area contributed by atoms with E-state index in [1.165, 1.54) is 13.2 Å². The van der Waals surface area contributed by atoms with Gasteiger partial charge in [-0.2, -0.15) is 0 Å². The molecule has 0 aliphatic carbocycles. The molecule has 0 radical (unpaired) electrons. The first-order chi connectivity index (χ1) is 14.4. The van der Waals surface area contributed by atoms with Crippen LogP contribution in [0.15, 0.2) is 52.5 Å². The van der Waals surface area contributed by atoms with Crippen LogP contribution in [0.4, 0.5) is 16.2 Å². The minimum absolute atomic E-state index is 0.150. The Kier molecular flexibility index (Phi) is 6.56. The zero-order valence-electron chi connectivity index (χ0n) is 16.9. The lowest BCUT2D eigenvalue weighted by Gasteiger charge is -2.26. The van der Waals surface area contributed by atoms with E-state index in [1.807, 2.05) is 12.1 Å². The predicted molar refractivity (Wildman–Crippen MR) is 120 cm³/mol. The number of urea groups is 1. The second-order valence-corrected chi connectivity index (χ2v) is 7.45. The molecular weight excluding hydrogens is 450 g/mol. The Hall–Kier alpha value is -3.13. The summed E-state index contributed by atoms with van der Waals surface area (Å²) in [5, 5.41) is 2.23. The molecule has 1 aliphatic heterocycles. The van der Waals surface area contributed by atoms with E-state index in [-0.39, 0.29) is 5.57 Å². The van der Waals surface area contributed by atoms with E-state index >= 15 is 0 Å². The van der Waals surface area contributed by atoms with Gasteiger partial charge < -0.3 is 9.64 Å². The molecule has 7 nitrogen and oxygen atoms in total. The third-order valence-electron chi connectivity index (χ3n) is 4.81. The highest BCUT2D eigenvalue weighted by Gasteiger charge is 2.37. The molecule has 2 aromatic carbocycles. The lowest BCUT2D eigenvalue weighted by molar-refractivity contribution is -0.122. The fourth-order valence-corrected chi connectivity index (χ4v) is 3.65. The number of nitrogens with one attached hydrogen (secondary N) is 1. The standard InChI is InChI=1S/C22H22BrN3O4/c1-4-25(5-2)16-10-9-14(19(13-16)30-3)11-18-20(27)24-22(29)26(21(18)28)17-8-6-7-15(23)12-17/h6-13H,4-5H2,1-3H3,(H,24,27,29)/b18-11+. The van der Waals surface area contributed by atoms with Crippen LogP contribution in [0.25, 0.3) is 6.08 Å². The van der Waals surface area contributed by atoms with Crippen molar-refractivity contribution in [2.24, 2.45) is 0 Å². The van der Waals surface area contributed by atoms with Gasteiger partial charge >= 0.3 is 6.03 Å². The van der Waals surface area contributed by atoms with Crippen LogP contribution in [0, 0.1) is 0 Å². The Morgan fingerprint density at radius 1 is 1.10 bits per heavy atom. The molecule has 0 aromatic heterocycles. The average Bonchev–Trinajstić information content (AvgIpc) is 2.72. The van der Waals surface area contributed by atoms with Crippen molar-refractivity contribution in [3.05, 3.63) is 58.1 Å². The lowest BCUT2D eigenvalue weighted by atomic mass is 10.1. The number of halogens is 1. The summed E-state index contributed by atoms with van der Waals surface area (Å²) >= 11 is 3.33. The van der Waals surface area contributed by atoms with E-state index in [9.17, 15) is 14.4 Å². The van der Waals surface area contributed by atoms with Crippen LogP contribution in [0.2, 0.25) is 0 Å². The molecule has 1 heterocycles. The van der Waals surface area contributed by atoms with Gasteiger partial charge in [-0.05, 0) is 50.3 Å². The van der Waals surface area contributed by atoms with Crippen molar-refractivity contribution in [2.45, 2.75) is 13.8 Å². The average molecular weight is 472 g/mol. The maximum atomic E-state index is 13.0. The summed E-state index contributed by atoms with van der Waals surface area (Å²) in [5.41, 5.74) is 1.75. The first kappa shape index (κ1) is 21.6. The van der Waals surface area contributed by atoms with Crippen LogP contribution < -0.4 is 19.9 Å². The van der Waals surface area contributed by atoms with Crippen LogP contribution in [0.5, 0.6) is 5.75 Å². The smallest absolute Gasteiger partial charge is 0.335 e. The molecular formula is C22H22BrN3O4. The molecule has 0 spiro atoms. The molecule has 1 N–H and O–H groups in total. The highest BCUT2D eigenvalue weighted by molar-refractivity contribution is 9.10. The van der Waals surface area contributed by atoms with Gasteiger partial charge in [0, 0.05) is 34.9 Å². The van der Waals surface area contributed by atoms with E-state index in [1.54, 1.807) is 30.3 Å². The molecule has 0 bridgehead atoms. The number of hydrogen-bond acceptors (Lipinski definition) is 5. The summed E-state index contributed by atoms with van der Waals surface area (Å²) in [7, 11) is 1.53. The summed E-state index contributed by atoms with van der Waals surface area (Å²) in [6, 6.07) is 11.5. The van der Waals surface area contributed by atoms with Crippen molar-refractivity contribution in [2.75, 3.05) is 30.0 Å². The third kappa shape index (κ3) is 4.23. The number of nitrogens with zero attached hydrogens (tertiary/aromatic N) is 2. The number of barbiturate groups is 1. The topological polar surface area (TPSA) is 79.0 Å². The monoisotopic (exact) mass is 471 g/mol. The maximum absolute atomic E-state index is 13.0. The lowest BCUT2D eigenvalue weighted by Crippen LogP contribution is -2.54. The maximum Gasteiger partial charge on any atom is 0.335 e. The number of rotatable bonds is 6. The Morgan fingerprint density at radius 3 is 2.47 bits per heavy atom. The van der Waals surface area contributed by atoms with Gasteiger partial charge in [0.25, 0.3) is 11.8 Å². The van der Waals surface area contributed by atoms with Gasteiger partial charge in [0.15, 0.2) is 0 Å². The van der Waals surface area contributed by atoms with E-state index in [2.05, 4.69) is 40.0 Å². The van der Waals surface area contributed by atoms with E-state index < -0.39 is 17.8 Å². The largest absolute Gasteiger partial charge is 0.496 e. The summed E-state index contributed by atoms with van der Waals surface area (Å²) in [4.78, 5) is 40.9. The van der Waals surface area contributed by atoms with Crippen molar-refractivity contribution >= 4 is 51.2 Å². The Labute approximate surface area is 183 Å². The number of ether oxygens (including phenoxy) is 1. The van der Waals surface area contributed by atoms with Gasteiger partial charge in [0.1, 0.15) is 11.3 Å². The molecule has 4 amide bonds. The first-order valence-corrected chi connectivity index (χ1v) is 10.3. The molecule has 0 unspecified atom stereocenters. The SMILES string of the molecule is CCN(CC)c1ccc(/C=C2\C(=O)NC(=O)N(c3cccc(Br)c3)C2=O)c(OC)c1. The second-order valence-electron chi connectivity index (χ2n) is 6.54. The van der Waals surface area contributed by atoms with Gasteiger partial charge in [-0.15, -0.1) is 0 Å². The molecule has 30 heavy (non-hydrogen) atoms. The summed E-state index contributed by atoms with van der Waals surface area (Å²) in [6.07, 6.45) is 1.44. The quantitative estimate of drug-likeness (QED) is 0.509. The zero-order chi connectivity index (χ0) is 21.8. The van der Waals surface area contributed by atoms with Gasteiger partial charge in [0.2, 0.25) is 0 Å². The van der Waals surface area contributed by atoms with Crippen molar-refractivity contribution in [3.63, 3.8) is 0 Å². The molecule has 0 saturated carbocycles. The number of benzene rings is 2. The third-order valence-corrected chi connectivity index (χ3v) is 5.31. The molecule has 3 rings (SSSR count). The van der Waals surface area contributed by atoms with Crippen LogP contribution in [0.1, 0.15) is 19.4 Å². The van der Waals surface area contributed by atoms with Gasteiger partial charge in [-0.3, -0.25) is 14.9 Å². The number of methoxy groups -OCH3 is 1. The Morgan fingerprint density at radius 2 is 1.83 bits per heavy atom. The normalized spacial score (nSPS) is 15.4. The van der Waals surface area contributed by atoms with Crippen LogP contribution >= 0.6 is 15.9 Å². The summed E-state index contributed by atoms with van der Waals surface area (Å²) in [5.74, 6) is -0.916. The minimum Gasteiger partial charge on any atom is -0.496 e. The van der Waals surface area contributed by atoms with Crippen molar-refractivity contribution in [1.82, 2.24) is 5.32 Å². The molecule has 1 saturated heterocycles. The second kappa shape index (κ2) is 9.13. The number of carbonyl (C=O) groups excluding carboxylic acids is 3. The summed E-state index contributed by atoms with van der Waals surface area (Å²) in [6.45, 7) is 5.80. The molecule has 1 fully saturated rings. The van der Waals surface area contributed by atoms with Crippen LogP contribution in [0.3, 0.4) is 0 Å². The molecule has 0 atom stereocenters. The number of hydrogen-bond donors (Lipinski definition) is 1. The Bertz CT molecular complexity index is 1030. The Balaban J connectivity index is 2.02. The number of imide groups is 2. The van der Waals surface area contributed by atoms with E-state index in [0.29, 0.717) is 21.5 Å². The molecule has 156 valence electrons. The van der Waals surface area contributed by atoms with Crippen LogP contribution in [-0.4, -0.2) is 38.0 Å². The van der Waals surface area contributed by atoms with Crippen LogP contribution in [-0.2, 0) is 9.59 Å². The molecule has 8 heteroatoms. The number of amides is 4. The number of carbonyl (C=O) groups is 3. The van der Waals surface area contributed by atoms with Gasteiger partial charge in [-0.1, -0.05) is 22.0 Å². The minimum atomic E-state index is -0.788. The summed E-state index contributed by atoms with van der Waals surface area (Å²) < 4.78 is 6.19. The van der Waals surface area contributed by atoms with E-state index in [0.717, 1.165) is 23.7 Å². The fraction of sp³-hybridized carbons (Fsp3) is 0.227. The molecule has 1 aliphatic rings. The predicted octanol–water partition coefficient (Wildman–Crippen LogP) is 3.97. The van der Waals surface area contributed by atoms with Crippen molar-refractivity contribution in [1.29, 1.82) is 0 Å². The highest BCUT2D eigenvalue weighted by atomic mass is 79.9. The molecule has 2 aromatic rings. The van der Waals surface area contributed by atoms with E-state index in [4.69, 9.17) is 4.74 Å². The zero-order valence-corrected chi connectivity index (χ0v) is 18.5. The number of anilines is 2. The van der Waals surface area contributed by atoms with Crippen molar-refractivity contribution < 1.29 is 19.1 Å². The fourth-order valence-electron chi connectivity index (χ4n) is 3.27. The van der Waals surface area contributed by atoms with Gasteiger partial charge in [0.05, 0.1) is 12.8 Å². The first-order valence-electron chi connectivity index (χ1n) is 9.49. The highest BCUT2D eigenvalue weighted by Crippen LogP contribution is 2.29.